The zero-order valence-corrected chi connectivity index (χ0v) is 20.4. The fourth-order valence-corrected chi connectivity index (χ4v) is 4.37. The third kappa shape index (κ3) is 4.71. The predicted octanol–water partition coefficient (Wildman–Crippen LogP) is 1.36. The molecule has 0 aromatic heterocycles. The van der Waals surface area contributed by atoms with E-state index in [2.05, 4.69) is 6.58 Å². The van der Waals surface area contributed by atoms with E-state index in [9.17, 15) is 24.3 Å². The van der Waals surface area contributed by atoms with Gasteiger partial charge in [-0.2, -0.15) is 0 Å². The van der Waals surface area contributed by atoms with E-state index in [1.165, 1.54) is 13.0 Å². The maximum atomic E-state index is 13.0. The van der Waals surface area contributed by atoms with Gasteiger partial charge < -0.3 is 28.8 Å². The Labute approximate surface area is 202 Å². The highest BCUT2D eigenvalue weighted by Crippen LogP contribution is 2.50. The number of alkyl halides is 1. The highest BCUT2D eigenvalue weighted by molar-refractivity contribution is 6.22. The smallest absolute Gasteiger partial charge is 0.339 e. The first-order chi connectivity index (χ1) is 15.7. The Morgan fingerprint density at radius 3 is 2.56 bits per heavy atom. The summed E-state index contributed by atoms with van der Waals surface area (Å²) in [6.07, 6.45) is -2.12. The second-order valence-corrected chi connectivity index (χ2v) is 9.78. The van der Waals surface area contributed by atoms with Crippen LogP contribution < -0.4 is 0 Å². The van der Waals surface area contributed by atoms with Crippen LogP contribution in [0, 0.1) is 5.92 Å². The molecule has 2 fully saturated rings. The lowest BCUT2D eigenvalue weighted by molar-refractivity contribution is -0.184. The number of rotatable bonds is 5. The van der Waals surface area contributed by atoms with Gasteiger partial charge in [-0.3, -0.25) is 4.79 Å². The quantitative estimate of drug-likeness (QED) is 0.193. The van der Waals surface area contributed by atoms with Crippen LogP contribution >= 0.6 is 11.6 Å². The number of carbonyl (C=O) groups is 4. The number of esters is 4. The first-order valence-electron chi connectivity index (χ1n) is 10.8. The fraction of sp³-hybridized carbons (Fsp3) is 0.652. The van der Waals surface area contributed by atoms with Crippen molar-refractivity contribution in [1.29, 1.82) is 0 Å². The molecule has 0 aromatic rings. The minimum Gasteiger partial charge on any atom is -0.466 e. The molecule has 188 valence electrons. The lowest BCUT2D eigenvalue weighted by Gasteiger charge is -2.35. The maximum Gasteiger partial charge on any atom is 0.339 e. The number of ether oxygens (including phenoxy) is 5. The van der Waals surface area contributed by atoms with Crippen LogP contribution in [-0.2, 0) is 42.9 Å². The molecule has 2 saturated heterocycles. The molecular formula is C23H29ClO10. The lowest BCUT2D eigenvalue weighted by atomic mass is 9.80. The van der Waals surface area contributed by atoms with Gasteiger partial charge in [-0.05, 0) is 33.6 Å². The Kier molecular flexibility index (Phi) is 7.17. The zero-order chi connectivity index (χ0) is 25.6. The van der Waals surface area contributed by atoms with E-state index < -0.39 is 70.8 Å². The van der Waals surface area contributed by atoms with Crippen molar-refractivity contribution in [1.82, 2.24) is 0 Å². The Balaban J connectivity index is 2.18. The van der Waals surface area contributed by atoms with Gasteiger partial charge in [0.15, 0.2) is 17.8 Å². The molecule has 2 unspecified atom stereocenters. The van der Waals surface area contributed by atoms with Gasteiger partial charge in [-0.25, -0.2) is 14.4 Å². The van der Waals surface area contributed by atoms with Crippen molar-refractivity contribution < 1.29 is 48.0 Å². The second kappa shape index (κ2) is 9.31. The number of methoxy groups -OCH3 is 1. The first-order valence-corrected chi connectivity index (χ1v) is 11.3. The van der Waals surface area contributed by atoms with Gasteiger partial charge >= 0.3 is 23.9 Å². The third-order valence-corrected chi connectivity index (χ3v) is 7.03. The van der Waals surface area contributed by atoms with E-state index in [0.717, 1.165) is 21.0 Å². The topological polar surface area (TPSA) is 138 Å². The number of hydrogen-bond acceptors (Lipinski definition) is 10. The zero-order valence-electron chi connectivity index (χ0n) is 19.7. The van der Waals surface area contributed by atoms with Crippen LogP contribution in [0.4, 0.5) is 0 Å². The Bertz CT molecular complexity index is 938. The summed E-state index contributed by atoms with van der Waals surface area (Å²) < 4.78 is 27.4. The molecule has 0 radical (unpaired) electrons. The molecule has 3 rings (SSSR count). The molecule has 0 saturated carbocycles. The molecule has 0 amide bonds. The Hall–Kier alpha value is -2.43. The largest absolute Gasteiger partial charge is 0.466 e. The fourth-order valence-electron chi connectivity index (χ4n) is 4.28. The SMILES string of the molecule is C=C1C(=O)O[C@H]2[C@H]1[C@H](OC(=O)C(C)(O)C(C)Cl)[C@@H](OC(C)=O)/C(C(=O)OC)=C\CC[C@@]1(C)O[C@H]21. The molecule has 2 aliphatic heterocycles. The normalized spacial score (nSPS) is 36.9. The molecule has 11 heteroatoms. The summed E-state index contributed by atoms with van der Waals surface area (Å²) in [6, 6.07) is 0. The molecule has 10 nitrogen and oxygen atoms in total. The lowest BCUT2D eigenvalue weighted by Crippen LogP contribution is -2.52. The summed E-state index contributed by atoms with van der Waals surface area (Å²) in [5, 5.41) is 9.54. The van der Waals surface area contributed by atoms with Gasteiger partial charge in [0.25, 0.3) is 0 Å². The van der Waals surface area contributed by atoms with Crippen molar-refractivity contribution in [2.24, 2.45) is 5.92 Å². The summed E-state index contributed by atoms with van der Waals surface area (Å²) in [5.41, 5.74) is -2.95. The van der Waals surface area contributed by atoms with E-state index >= 15 is 0 Å². The molecule has 8 atom stereocenters. The van der Waals surface area contributed by atoms with E-state index in [1.54, 1.807) is 0 Å². The number of carbonyl (C=O) groups excluding carboxylic acids is 4. The molecular weight excluding hydrogens is 472 g/mol. The molecule has 0 aromatic carbocycles. The molecule has 0 spiro atoms. The van der Waals surface area contributed by atoms with Crippen LogP contribution in [0.3, 0.4) is 0 Å². The average molecular weight is 501 g/mol. The van der Waals surface area contributed by atoms with E-state index in [-0.39, 0.29) is 11.1 Å². The first kappa shape index (κ1) is 26.2. The molecule has 2 heterocycles. The van der Waals surface area contributed by atoms with E-state index in [0.29, 0.717) is 12.8 Å². The molecule has 1 N–H and O–H groups in total. The number of fused-ring (bicyclic) bond motifs is 3. The Morgan fingerprint density at radius 2 is 2.00 bits per heavy atom. The number of aliphatic hydroxyl groups is 1. The van der Waals surface area contributed by atoms with Crippen molar-refractivity contribution in [3.8, 4) is 0 Å². The van der Waals surface area contributed by atoms with Gasteiger partial charge in [0.1, 0.15) is 12.2 Å². The van der Waals surface area contributed by atoms with Crippen molar-refractivity contribution in [2.45, 2.75) is 81.5 Å². The van der Waals surface area contributed by atoms with Crippen molar-refractivity contribution in [2.75, 3.05) is 7.11 Å². The van der Waals surface area contributed by atoms with Gasteiger partial charge in [0.05, 0.1) is 29.6 Å². The van der Waals surface area contributed by atoms with Crippen LogP contribution in [0.2, 0.25) is 0 Å². The minimum absolute atomic E-state index is 0.0545. The van der Waals surface area contributed by atoms with Crippen LogP contribution in [0.25, 0.3) is 0 Å². The summed E-state index contributed by atoms with van der Waals surface area (Å²) in [4.78, 5) is 50.3. The van der Waals surface area contributed by atoms with Crippen LogP contribution in [0.15, 0.2) is 23.8 Å². The van der Waals surface area contributed by atoms with Crippen molar-refractivity contribution >= 4 is 35.5 Å². The number of halogens is 1. The summed E-state index contributed by atoms with van der Waals surface area (Å²) in [7, 11) is 1.15. The van der Waals surface area contributed by atoms with Gasteiger partial charge in [-0.1, -0.05) is 12.7 Å². The molecule has 1 aliphatic carbocycles. The molecule has 3 aliphatic rings. The predicted molar refractivity (Wildman–Crippen MR) is 116 cm³/mol. The average Bonchev–Trinajstić information content (AvgIpc) is 3.34. The molecule has 34 heavy (non-hydrogen) atoms. The highest BCUT2D eigenvalue weighted by atomic mass is 35.5. The highest BCUT2D eigenvalue weighted by Gasteiger charge is 2.65. The number of epoxide rings is 1. The second-order valence-electron chi connectivity index (χ2n) is 9.13. The number of hydrogen-bond donors (Lipinski definition) is 1. The standard InChI is InChI=1S/C23H29ClO10/c1-10-14-16(33-21(28)23(5,29)11(2)24)15(31-12(3)25)13(20(27)30-6)8-7-9-22(4)18(34-22)17(14)32-19(10)26/h8,11,14-18,29H,1,7,9H2,2-6H3/b13-8+/t11?,14-,15+,16+,17+,18-,22-,23?/m1/s1. The van der Waals surface area contributed by atoms with E-state index in [1.807, 2.05) is 6.92 Å². The summed E-state index contributed by atoms with van der Waals surface area (Å²) in [6.45, 7) is 9.30. The van der Waals surface area contributed by atoms with E-state index in [4.69, 9.17) is 35.3 Å². The van der Waals surface area contributed by atoms with Crippen LogP contribution in [0.1, 0.15) is 40.5 Å². The number of allylic oxidation sites excluding steroid dienone is 1. The maximum absolute atomic E-state index is 13.0. The van der Waals surface area contributed by atoms with Gasteiger partial charge in [0, 0.05) is 12.5 Å². The van der Waals surface area contributed by atoms with Crippen LogP contribution in [-0.4, -0.2) is 77.1 Å². The molecule has 0 bridgehead atoms. The van der Waals surface area contributed by atoms with Crippen LogP contribution in [0.5, 0.6) is 0 Å². The monoisotopic (exact) mass is 500 g/mol. The Morgan fingerprint density at radius 1 is 1.35 bits per heavy atom. The summed E-state index contributed by atoms with van der Waals surface area (Å²) in [5.74, 6) is -4.55. The minimum atomic E-state index is -2.14. The van der Waals surface area contributed by atoms with Gasteiger partial charge in [0.2, 0.25) is 0 Å². The summed E-state index contributed by atoms with van der Waals surface area (Å²) >= 11 is 5.98. The van der Waals surface area contributed by atoms with Gasteiger partial charge in [-0.15, -0.1) is 11.6 Å². The van der Waals surface area contributed by atoms with Crippen molar-refractivity contribution in [3.05, 3.63) is 23.8 Å². The van der Waals surface area contributed by atoms with Crippen molar-refractivity contribution in [3.63, 3.8) is 0 Å². The third-order valence-electron chi connectivity index (χ3n) is 6.61.